The van der Waals surface area contributed by atoms with Crippen LogP contribution in [0.5, 0.6) is 0 Å². The molecular weight excluding hydrogens is 560 g/mol. The van der Waals surface area contributed by atoms with E-state index in [1.807, 2.05) is 12.3 Å². The molecule has 0 bridgehead atoms. The summed E-state index contributed by atoms with van der Waals surface area (Å²) in [6.45, 7) is 0. The number of rotatable bonds is 3. The molecule has 10 rings (SSSR count). The third-order valence-corrected chi connectivity index (χ3v) is 9.33. The Balaban J connectivity index is 1.40. The molecule has 10 aromatic rings. The molecule has 0 radical (unpaired) electrons. The van der Waals surface area contributed by atoms with Crippen LogP contribution in [0.3, 0.4) is 0 Å². The van der Waals surface area contributed by atoms with Crippen molar-refractivity contribution in [1.29, 1.82) is 0 Å². The van der Waals surface area contributed by atoms with Crippen LogP contribution in [0.2, 0.25) is 0 Å². The minimum Gasteiger partial charge on any atom is -0.294 e. The first-order valence-corrected chi connectivity index (χ1v) is 15.6. The summed E-state index contributed by atoms with van der Waals surface area (Å²) in [4.78, 5) is 10.5. The van der Waals surface area contributed by atoms with E-state index >= 15 is 0 Å². The van der Waals surface area contributed by atoms with Crippen LogP contribution < -0.4 is 0 Å². The number of hydrogen-bond donors (Lipinski definition) is 0. The van der Waals surface area contributed by atoms with Crippen LogP contribution in [-0.2, 0) is 0 Å². The average molecular weight is 587 g/mol. The van der Waals surface area contributed by atoms with Crippen molar-refractivity contribution in [3.63, 3.8) is 0 Å². The molecule has 0 aliphatic carbocycles. The Kier molecular flexibility index (Phi) is 5.25. The van der Waals surface area contributed by atoms with Crippen molar-refractivity contribution < 1.29 is 0 Å². The van der Waals surface area contributed by atoms with Gasteiger partial charge in [0.2, 0.25) is 0 Å². The molecule has 0 unspecified atom stereocenters. The predicted octanol–water partition coefficient (Wildman–Crippen LogP) is 10.6. The maximum atomic E-state index is 5.54. The fourth-order valence-electron chi connectivity index (χ4n) is 7.42. The van der Waals surface area contributed by atoms with E-state index in [0.29, 0.717) is 0 Å². The number of benzene rings is 6. The Bertz CT molecular complexity index is 2750. The molecule has 0 atom stereocenters. The number of fused-ring (bicyclic) bond motifs is 11. The first-order chi connectivity index (χ1) is 22.8. The molecule has 214 valence electrons. The zero-order valence-corrected chi connectivity index (χ0v) is 24.8. The lowest BCUT2D eigenvalue weighted by molar-refractivity contribution is 1.02. The van der Waals surface area contributed by atoms with Crippen molar-refractivity contribution in [2.75, 3.05) is 0 Å². The summed E-state index contributed by atoms with van der Waals surface area (Å²) in [6, 6.07) is 53.9. The molecular formula is C42H26N4. The lowest BCUT2D eigenvalue weighted by atomic mass is 10.00. The van der Waals surface area contributed by atoms with E-state index in [-0.39, 0.29) is 0 Å². The van der Waals surface area contributed by atoms with E-state index < -0.39 is 0 Å². The molecule has 0 fully saturated rings. The van der Waals surface area contributed by atoms with Gasteiger partial charge in [0.15, 0.2) is 0 Å². The van der Waals surface area contributed by atoms with Crippen molar-refractivity contribution in [2.24, 2.45) is 0 Å². The minimum absolute atomic E-state index is 0.866. The van der Waals surface area contributed by atoms with Gasteiger partial charge in [-0.15, -0.1) is 0 Å². The fourth-order valence-corrected chi connectivity index (χ4v) is 7.42. The van der Waals surface area contributed by atoms with Gasteiger partial charge in [-0.25, -0.2) is 4.98 Å². The average Bonchev–Trinajstić information content (AvgIpc) is 3.66. The second kappa shape index (κ2) is 9.62. The van der Waals surface area contributed by atoms with Crippen molar-refractivity contribution in [3.8, 4) is 22.8 Å². The summed E-state index contributed by atoms with van der Waals surface area (Å²) < 4.78 is 4.66. The summed E-state index contributed by atoms with van der Waals surface area (Å²) in [6.07, 6.45) is 1.89. The highest BCUT2D eigenvalue weighted by Gasteiger charge is 2.21. The van der Waals surface area contributed by atoms with Gasteiger partial charge in [0, 0.05) is 38.5 Å². The first-order valence-electron chi connectivity index (χ1n) is 15.6. The van der Waals surface area contributed by atoms with E-state index in [1.54, 1.807) is 0 Å². The normalized spacial score (nSPS) is 11.9. The van der Waals surface area contributed by atoms with Crippen LogP contribution in [0.25, 0.3) is 88.0 Å². The topological polar surface area (TPSA) is 35.6 Å². The number of hydrogen-bond acceptors (Lipinski definition) is 2. The van der Waals surface area contributed by atoms with E-state index in [4.69, 9.17) is 9.97 Å². The minimum atomic E-state index is 0.866. The van der Waals surface area contributed by atoms with Crippen molar-refractivity contribution in [2.45, 2.75) is 0 Å². The molecule has 6 aromatic carbocycles. The number of para-hydroxylation sites is 3. The molecule has 0 saturated carbocycles. The molecule has 4 nitrogen and oxygen atoms in total. The van der Waals surface area contributed by atoms with Gasteiger partial charge >= 0.3 is 0 Å². The Morgan fingerprint density at radius 1 is 0.391 bits per heavy atom. The summed E-state index contributed by atoms with van der Waals surface area (Å²) in [5.41, 5.74) is 7.75. The Labute approximate surface area is 264 Å². The predicted molar refractivity (Wildman–Crippen MR) is 191 cm³/mol. The molecule has 0 saturated heterocycles. The highest BCUT2D eigenvalue weighted by molar-refractivity contribution is 6.31. The lowest BCUT2D eigenvalue weighted by Gasteiger charge is -2.15. The van der Waals surface area contributed by atoms with Crippen molar-refractivity contribution >= 4 is 65.3 Å². The number of nitrogens with zero attached hydrogens (tertiary/aromatic N) is 4. The van der Waals surface area contributed by atoms with Gasteiger partial charge in [0.05, 0.1) is 27.6 Å². The third-order valence-electron chi connectivity index (χ3n) is 9.33. The van der Waals surface area contributed by atoms with Gasteiger partial charge in [0.1, 0.15) is 11.6 Å². The van der Waals surface area contributed by atoms with Crippen LogP contribution >= 0.6 is 0 Å². The van der Waals surface area contributed by atoms with Gasteiger partial charge in [-0.2, -0.15) is 0 Å². The van der Waals surface area contributed by atoms with Crippen molar-refractivity contribution in [3.05, 3.63) is 158 Å². The van der Waals surface area contributed by atoms with Crippen LogP contribution in [0.1, 0.15) is 0 Å². The standard InChI is InChI=1S/C42H26N4/c1-2-13-27(14-3-1)28-25-38(45-35-21-9-6-15-29(35)30-16-7-10-22-36(30)45)44-39(26-28)46-37-23-11-8-19-33(37)40-31-17-4-5-18-32(31)41-34(42(40)46)20-12-24-43-41/h1-26H. The second-order valence-electron chi connectivity index (χ2n) is 11.8. The van der Waals surface area contributed by atoms with E-state index in [2.05, 4.69) is 155 Å². The van der Waals surface area contributed by atoms with Crippen LogP contribution in [0.4, 0.5) is 0 Å². The van der Waals surface area contributed by atoms with E-state index in [9.17, 15) is 0 Å². The Morgan fingerprint density at radius 3 is 1.61 bits per heavy atom. The van der Waals surface area contributed by atoms with E-state index in [1.165, 1.54) is 26.9 Å². The first kappa shape index (κ1) is 25.1. The van der Waals surface area contributed by atoms with Gasteiger partial charge in [0.25, 0.3) is 0 Å². The van der Waals surface area contributed by atoms with Gasteiger partial charge in [-0.1, -0.05) is 109 Å². The number of aromatic nitrogens is 4. The maximum Gasteiger partial charge on any atom is 0.140 e. The van der Waals surface area contributed by atoms with Gasteiger partial charge in [-0.3, -0.25) is 14.1 Å². The molecule has 0 N–H and O–H groups in total. The molecule has 4 heterocycles. The highest BCUT2D eigenvalue weighted by Crippen LogP contribution is 2.42. The van der Waals surface area contributed by atoms with Crippen LogP contribution in [0.15, 0.2) is 158 Å². The zero-order chi connectivity index (χ0) is 30.2. The van der Waals surface area contributed by atoms with Crippen LogP contribution in [0, 0.1) is 0 Å². The number of pyridine rings is 2. The maximum absolute atomic E-state index is 5.54. The fraction of sp³-hybridized carbons (Fsp3) is 0. The molecule has 0 aliphatic heterocycles. The third kappa shape index (κ3) is 3.49. The molecule has 0 aliphatic rings. The molecule has 4 aromatic heterocycles. The van der Waals surface area contributed by atoms with Crippen LogP contribution in [-0.4, -0.2) is 19.1 Å². The summed E-state index contributed by atoms with van der Waals surface area (Å²) in [5.74, 6) is 1.74. The smallest absolute Gasteiger partial charge is 0.140 e. The Hall–Kier alpha value is -6.26. The Morgan fingerprint density at radius 2 is 0.913 bits per heavy atom. The molecule has 46 heavy (non-hydrogen) atoms. The highest BCUT2D eigenvalue weighted by atomic mass is 15.1. The molecule has 0 amide bonds. The van der Waals surface area contributed by atoms with E-state index in [0.717, 1.165) is 61.1 Å². The second-order valence-corrected chi connectivity index (χ2v) is 11.8. The zero-order valence-electron chi connectivity index (χ0n) is 24.8. The van der Waals surface area contributed by atoms with Crippen molar-refractivity contribution in [1.82, 2.24) is 19.1 Å². The monoisotopic (exact) mass is 586 g/mol. The lowest BCUT2D eigenvalue weighted by Crippen LogP contribution is -2.04. The summed E-state index contributed by atoms with van der Waals surface area (Å²) >= 11 is 0. The molecule has 4 heteroatoms. The summed E-state index contributed by atoms with van der Waals surface area (Å²) in [7, 11) is 0. The SMILES string of the molecule is c1ccc(-c2cc(-n3c4ccccc4c4ccccc43)nc(-n3c4ccccc4c4c5ccccc5c5ncccc5c43)c2)cc1. The quantitative estimate of drug-likeness (QED) is 0.193. The molecule has 0 spiro atoms. The van der Waals surface area contributed by atoms with Gasteiger partial charge < -0.3 is 0 Å². The van der Waals surface area contributed by atoms with Gasteiger partial charge in [-0.05, 0) is 59.0 Å². The summed E-state index contributed by atoms with van der Waals surface area (Å²) in [5, 5.41) is 8.31. The largest absolute Gasteiger partial charge is 0.294 e.